The second-order valence-corrected chi connectivity index (χ2v) is 4.72. The van der Waals surface area contributed by atoms with Gasteiger partial charge in [0.2, 0.25) is 0 Å². The van der Waals surface area contributed by atoms with Crippen molar-refractivity contribution in [1.29, 1.82) is 0 Å². The number of aromatic nitrogens is 1. The van der Waals surface area contributed by atoms with Gasteiger partial charge in [-0.05, 0) is 13.3 Å². The van der Waals surface area contributed by atoms with Crippen LogP contribution in [0.4, 0.5) is 11.5 Å². The minimum Gasteiger partial charge on any atom is -0.394 e. The van der Waals surface area contributed by atoms with E-state index in [9.17, 15) is 14.9 Å². The van der Waals surface area contributed by atoms with Gasteiger partial charge in [-0.25, -0.2) is 4.98 Å². The van der Waals surface area contributed by atoms with Crippen molar-refractivity contribution in [2.75, 3.05) is 25.5 Å². The molecular formula is C13H20N4O4. The molecule has 0 aromatic carbocycles. The third kappa shape index (κ3) is 4.12. The Balaban J connectivity index is 3.18. The normalized spacial score (nSPS) is 11.8. The number of hydrogen-bond donors (Lipinski definition) is 2. The largest absolute Gasteiger partial charge is 0.394 e. The zero-order valence-electron chi connectivity index (χ0n) is 12.4. The number of pyridine rings is 1. The van der Waals surface area contributed by atoms with Gasteiger partial charge in [0.15, 0.2) is 0 Å². The minimum atomic E-state index is -0.594. The Morgan fingerprint density at radius 3 is 2.81 bits per heavy atom. The van der Waals surface area contributed by atoms with E-state index >= 15 is 0 Å². The summed E-state index contributed by atoms with van der Waals surface area (Å²) >= 11 is 0. The molecule has 0 aliphatic heterocycles. The highest BCUT2D eigenvalue weighted by Crippen LogP contribution is 2.21. The van der Waals surface area contributed by atoms with Crippen molar-refractivity contribution >= 4 is 17.4 Å². The molecule has 0 fully saturated rings. The van der Waals surface area contributed by atoms with Gasteiger partial charge in [-0.2, -0.15) is 0 Å². The van der Waals surface area contributed by atoms with Crippen LogP contribution in [0.15, 0.2) is 12.3 Å². The average Bonchev–Trinajstić information content (AvgIpc) is 2.50. The quantitative estimate of drug-likeness (QED) is 0.579. The first kappa shape index (κ1) is 16.8. The molecule has 1 rings (SSSR count). The second kappa shape index (κ2) is 7.53. The predicted octanol–water partition coefficient (Wildman–Crippen LogP) is 1.26. The molecule has 21 heavy (non-hydrogen) atoms. The molecular weight excluding hydrogens is 276 g/mol. The molecule has 0 aliphatic rings. The maximum Gasteiger partial charge on any atom is 0.288 e. The lowest BCUT2D eigenvalue weighted by Gasteiger charge is -2.24. The lowest BCUT2D eigenvalue weighted by atomic mass is 10.2. The van der Waals surface area contributed by atoms with Crippen LogP contribution in [0.1, 0.15) is 30.6 Å². The summed E-state index contributed by atoms with van der Waals surface area (Å²) in [6, 6.07) is 0.810. The lowest BCUT2D eigenvalue weighted by molar-refractivity contribution is -0.385. The molecule has 0 bridgehead atoms. The van der Waals surface area contributed by atoms with Crippen molar-refractivity contribution in [3.8, 4) is 0 Å². The number of nitrogens with one attached hydrogen (secondary N) is 1. The van der Waals surface area contributed by atoms with Gasteiger partial charge in [-0.3, -0.25) is 14.9 Å². The monoisotopic (exact) mass is 296 g/mol. The van der Waals surface area contributed by atoms with Crippen molar-refractivity contribution in [2.24, 2.45) is 0 Å². The zero-order valence-corrected chi connectivity index (χ0v) is 12.4. The first-order chi connectivity index (χ1) is 9.92. The fourth-order valence-corrected chi connectivity index (χ4v) is 1.61. The van der Waals surface area contributed by atoms with Crippen LogP contribution in [0.5, 0.6) is 0 Å². The highest BCUT2D eigenvalue weighted by atomic mass is 16.6. The van der Waals surface area contributed by atoms with E-state index < -0.39 is 16.9 Å². The molecule has 0 saturated heterocycles. The van der Waals surface area contributed by atoms with Gasteiger partial charge in [0, 0.05) is 19.7 Å². The van der Waals surface area contributed by atoms with Gasteiger partial charge in [0.05, 0.1) is 23.1 Å². The number of aliphatic hydroxyl groups is 1. The lowest BCUT2D eigenvalue weighted by Crippen LogP contribution is -2.37. The number of aliphatic hydroxyl groups excluding tert-OH is 1. The Bertz CT molecular complexity index is 521. The molecule has 1 aromatic rings. The molecule has 116 valence electrons. The Kier molecular flexibility index (Phi) is 6.04. The molecule has 1 amide bonds. The van der Waals surface area contributed by atoms with Gasteiger partial charge >= 0.3 is 0 Å². The second-order valence-electron chi connectivity index (χ2n) is 4.72. The molecule has 1 unspecified atom stereocenters. The number of amides is 1. The molecule has 8 nitrogen and oxygen atoms in total. The number of carbonyl (C=O) groups excluding carboxylic acids is 1. The summed E-state index contributed by atoms with van der Waals surface area (Å²) in [6.07, 6.45) is 1.94. The van der Waals surface area contributed by atoms with E-state index in [-0.39, 0.29) is 17.9 Å². The first-order valence-electron chi connectivity index (χ1n) is 6.68. The number of carbonyl (C=O) groups is 1. The van der Waals surface area contributed by atoms with Crippen molar-refractivity contribution in [2.45, 2.75) is 26.3 Å². The summed E-state index contributed by atoms with van der Waals surface area (Å²) in [4.78, 5) is 28.0. The van der Waals surface area contributed by atoms with Crippen LogP contribution in [-0.2, 0) is 0 Å². The summed E-state index contributed by atoms with van der Waals surface area (Å²) in [5.41, 5.74) is -0.120. The van der Waals surface area contributed by atoms with Crippen molar-refractivity contribution in [3.05, 3.63) is 27.9 Å². The summed E-state index contributed by atoms with van der Waals surface area (Å²) in [7, 11) is 1.53. The predicted molar refractivity (Wildman–Crippen MR) is 78.3 cm³/mol. The maximum atomic E-state index is 12.4. The third-order valence-electron chi connectivity index (χ3n) is 3.10. The molecule has 0 saturated carbocycles. The molecule has 0 aliphatic carbocycles. The standard InChI is InChI=1S/C13H20N4O4/c1-4-5-14-12-11(6-10(7-15-12)17(20)21)13(19)16(3)9(2)8-18/h6-7,9,18H,4-5,8H2,1-3H3,(H,14,15). The van der Waals surface area contributed by atoms with Crippen LogP contribution >= 0.6 is 0 Å². The van der Waals surface area contributed by atoms with E-state index in [4.69, 9.17) is 5.11 Å². The molecule has 2 N–H and O–H groups in total. The number of anilines is 1. The van der Waals surface area contributed by atoms with Gasteiger partial charge in [0.25, 0.3) is 11.6 Å². The van der Waals surface area contributed by atoms with E-state index in [0.717, 1.165) is 12.6 Å². The minimum absolute atomic E-state index is 0.125. The molecule has 0 spiro atoms. The molecule has 8 heteroatoms. The topological polar surface area (TPSA) is 109 Å². The van der Waals surface area contributed by atoms with E-state index in [0.29, 0.717) is 12.4 Å². The van der Waals surface area contributed by atoms with E-state index in [2.05, 4.69) is 10.3 Å². The van der Waals surface area contributed by atoms with Crippen molar-refractivity contribution < 1.29 is 14.8 Å². The van der Waals surface area contributed by atoms with Gasteiger partial charge in [-0.15, -0.1) is 0 Å². The first-order valence-corrected chi connectivity index (χ1v) is 6.68. The molecule has 1 heterocycles. The van der Waals surface area contributed by atoms with Gasteiger partial charge < -0.3 is 15.3 Å². The number of rotatable bonds is 7. The van der Waals surface area contributed by atoms with Crippen LogP contribution in [0, 0.1) is 10.1 Å². The van der Waals surface area contributed by atoms with Crippen LogP contribution in [0.2, 0.25) is 0 Å². The van der Waals surface area contributed by atoms with Crippen LogP contribution in [-0.4, -0.2) is 52.1 Å². The van der Waals surface area contributed by atoms with Crippen LogP contribution in [0.3, 0.4) is 0 Å². The number of nitrogens with zero attached hydrogens (tertiary/aromatic N) is 3. The van der Waals surface area contributed by atoms with Crippen molar-refractivity contribution in [3.63, 3.8) is 0 Å². The van der Waals surface area contributed by atoms with E-state index in [1.807, 2.05) is 6.92 Å². The van der Waals surface area contributed by atoms with Gasteiger partial charge in [0.1, 0.15) is 12.0 Å². The van der Waals surface area contributed by atoms with E-state index in [1.54, 1.807) is 6.92 Å². The van der Waals surface area contributed by atoms with Gasteiger partial charge in [-0.1, -0.05) is 6.92 Å². The summed E-state index contributed by atoms with van der Waals surface area (Å²) < 4.78 is 0. The van der Waals surface area contributed by atoms with Crippen LogP contribution in [0.25, 0.3) is 0 Å². The van der Waals surface area contributed by atoms with E-state index in [1.165, 1.54) is 18.0 Å². The maximum absolute atomic E-state index is 12.4. The fourth-order valence-electron chi connectivity index (χ4n) is 1.61. The fraction of sp³-hybridized carbons (Fsp3) is 0.538. The number of hydrogen-bond acceptors (Lipinski definition) is 6. The zero-order chi connectivity index (χ0) is 16.0. The Hall–Kier alpha value is -2.22. The summed E-state index contributed by atoms with van der Waals surface area (Å²) in [6.45, 7) is 4.05. The molecule has 1 atom stereocenters. The third-order valence-corrected chi connectivity index (χ3v) is 3.10. The smallest absolute Gasteiger partial charge is 0.288 e. The number of likely N-dealkylation sites (N-methyl/N-ethyl adjacent to an activating group) is 1. The Labute approximate surface area is 122 Å². The van der Waals surface area contributed by atoms with Crippen LogP contribution < -0.4 is 5.32 Å². The number of nitro groups is 1. The highest BCUT2D eigenvalue weighted by Gasteiger charge is 2.23. The Morgan fingerprint density at radius 2 is 2.29 bits per heavy atom. The van der Waals surface area contributed by atoms with Crippen molar-refractivity contribution in [1.82, 2.24) is 9.88 Å². The highest BCUT2D eigenvalue weighted by molar-refractivity contribution is 5.99. The average molecular weight is 296 g/mol. The Morgan fingerprint density at radius 1 is 1.62 bits per heavy atom. The molecule has 0 radical (unpaired) electrons. The SMILES string of the molecule is CCCNc1ncc([N+](=O)[O-])cc1C(=O)N(C)C(C)CO. The summed E-state index contributed by atoms with van der Waals surface area (Å²) in [5, 5.41) is 22.9. The summed E-state index contributed by atoms with van der Waals surface area (Å²) in [5.74, 6) is -0.115. The molecule has 1 aromatic heterocycles.